The Hall–Kier alpha value is -2.41. The molecule has 1 aromatic carbocycles. The SMILES string of the molecule is COc1ccc(NC(=O)C(CCSC)NC(=O)c2ccco2)cc1. The number of amides is 2. The van der Waals surface area contributed by atoms with Crippen LogP contribution in [0.4, 0.5) is 5.69 Å². The van der Waals surface area contributed by atoms with Crippen LogP contribution in [0.2, 0.25) is 0 Å². The fourth-order valence-corrected chi connectivity index (χ4v) is 2.52. The molecule has 0 spiro atoms. The third-order valence-electron chi connectivity index (χ3n) is 3.33. The Morgan fingerprint density at radius 3 is 2.58 bits per heavy atom. The van der Waals surface area contributed by atoms with Gasteiger partial charge in [0.1, 0.15) is 11.8 Å². The number of rotatable bonds is 8. The van der Waals surface area contributed by atoms with Gasteiger partial charge in [-0.25, -0.2) is 0 Å². The minimum atomic E-state index is -0.642. The molecule has 1 unspecified atom stereocenters. The fraction of sp³-hybridized carbons (Fsp3) is 0.294. The predicted molar refractivity (Wildman–Crippen MR) is 94.6 cm³/mol. The molecule has 7 heteroatoms. The van der Waals surface area contributed by atoms with E-state index < -0.39 is 11.9 Å². The van der Waals surface area contributed by atoms with Gasteiger partial charge < -0.3 is 19.8 Å². The van der Waals surface area contributed by atoms with Crippen molar-refractivity contribution < 1.29 is 18.7 Å². The molecule has 1 heterocycles. The Labute approximate surface area is 144 Å². The van der Waals surface area contributed by atoms with Gasteiger partial charge in [-0.05, 0) is 54.8 Å². The van der Waals surface area contributed by atoms with E-state index >= 15 is 0 Å². The van der Waals surface area contributed by atoms with Crippen LogP contribution in [-0.4, -0.2) is 37.0 Å². The highest BCUT2D eigenvalue weighted by atomic mass is 32.2. The van der Waals surface area contributed by atoms with E-state index in [0.717, 1.165) is 5.75 Å². The summed E-state index contributed by atoms with van der Waals surface area (Å²) in [6, 6.07) is 9.55. The van der Waals surface area contributed by atoms with Gasteiger partial charge >= 0.3 is 0 Å². The van der Waals surface area contributed by atoms with Crippen LogP contribution in [0.3, 0.4) is 0 Å². The van der Waals surface area contributed by atoms with E-state index in [0.29, 0.717) is 17.9 Å². The number of hydrogen-bond donors (Lipinski definition) is 2. The van der Waals surface area contributed by atoms with Crippen molar-refractivity contribution in [3.8, 4) is 5.75 Å². The maximum atomic E-state index is 12.5. The quantitative estimate of drug-likeness (QED) is 0.767. The number of ether oxygens (including phenoxy) is 1. The number of nitrogens with one attached hydrogen (secondary N) is 2. The van der Waals surface area contributed by atoms with Crippen LogP contribution in [0.15, 0.2) is 47.1 Å². The topological polar surface area (TPSA) is 80.6 Å². The van der Waals surface area contributed by atoms with Crippen molar-refractivity contribution in [2.45, 2.75) is 12.5 Å². The van der Waals surface area contributed by atoms with Gasteiger partial charge in [-0.1, -0.05) is 0 Å². The molecule has 24 heavy (non-hydrogen) atoms. The van der Waals surface area contributed by atoms with E-state index in [1.165, 1.54) is 6.26 Å². The number of furan rings is 1. The third kappa shape index (κ3) is 5.06. The van der Waals surface area contributed by atoms with Crippen LogP contribution in [0.5, 0.6) is 5.75 Å². The van der Waals surface area contributed by atoms with Crippen molar-refractivity contribution >= 4 is 29.3 Å². The molecule has 0 fully saturated rings. The number of benzene rings is 1. The largest absolute Gasteiger partial charge is 0.497 e. The van der Waals surface area contributed by atoms with Gasteiger partial charge in [0.25, 0.3) is 5.91 Å². The maximum absolute atomic E-state index is 12.5. The second-order valence-electron chi connectivity index (χ2n) is 5.00. The van der Waals surface area contributed by atoms with Crippen molar-refractivity contribution in [2.75, 3.05) is 24.4 Å². The lowest BCUT2D eigenvalue weighted by Gasteiger charge is -2.17. The van der Waals surface area contributed by atoms with Gasteiger partial charge in [-0.3, -0.25) is 9.59 Å². The number of carbonyl (C=O) groups excluding carboxylic acids is 2. The fourth-order valence-electron chi connectivity index (χ4n) is 2.05. The molecule has 1 aromatic heterocycles. The summed E-state index contributed by atoms with van der Waals surface area (Å²) >= 11 is 1.61. The Bertz CT molecular complexity index is 656. The number of thioether (sulfide) groups is 1. The van der Waals surface area contributed by atoms with Crippen molar-refractivity contribution in [2.24, 2.45) is 0 Å². The van der Waals surface area contributed by atoms with Crippen molar-refractivity contribution in [1.82, 2.24) is 5.32 Å². The Morgan fingerprint density at radius 1 is 1.25 bits per heavy atom. The molecular weight excluding hydrogens is 328 g/mol. The first-order chi connectivity index (χ1) is 11.6. The van der Waals surface area contributed by atoms with Gasteiger partial charge in [-0.2, -0.15) is 11.8 Å². The van der Waals surface area contributed by atoms with Gasteiger partial charge in [-0.15, -0.1) is 0 Å². The Kier molecular flexibility index (Phi) is 6.74. The summed E-state index contributed by atoms with van der Waals surface area (Å²) in [5.41, 5.74) is 0.641. The van der Waals surface area contributed by atoms with E-state index in [1.807, 2.05) is 6.26 Å². The highest BCUT2D eigenvalue weighted by Gasteiger charge is 2.22. The maximum Gasteiger partial charge on any atom is 0.287 e. The molecule has 0 saturated carbocycles. The van der Waals surface area contributed by atoms with Crippen LogP contribution < -0.4 is 15.4 Å². The van der Waals surface area contributed by atoms with E-state index in [1.54, 1.807) is 55.3 Å². The monoisotopic (exact) mass is 348 g/mol. The van der Waals surface area contributed by atoms with Crippen molar-refractivity contribution in [1.29, 1.82) is 0 Å². The van der Waals surface area contributed by atoms with E-state index in [4.69, 9.17) is 9.15 Å². The molecule has 0 aliphatic rings. The predicted octanol–water partition coefficient (Wildman–Crippen LogP) is 2.78. The minimum absolute atomic E-state index is 0.182. The molecular formula is C17H20N2O4S. The molecule has 2 amide bonds. The highest BCUT2D eigenvalue weighted by Crippen LogP contribution is 2.16. The first-order valence-electron chi connectivity index (χ1n) is 7.42. The summed E-state index contributed by atoms with van der Waals surface area (Å²) < 4.78 is 10.1. The molecule has 0 aliphatic heterocycles. The minimum Gasteiger partial charge on any atom is -0.497 e. The molecule has 2 N–H and O–H groups in total. The summed E-state index contributed by atoms with van der Waals surface area (Å²) in [4.78, 5) is 24.6. The summed E-state index contributed by atoms with van der Waals surface area (Å²) in [5, 5.41) is 5.52. The van der Waals surface area contributed by atoms with Gasteiger partial charge in [0.15, 0.2) is 5.76 Å². The highest BCUT2D eigenvalue weighted by molar-refractivity contribution is 7.98. The molecule has 128 valence electrons. The van der Waals surface area contributed by atoms with Crippen LogP contribution in [0.1, 0.15) is 17.0 Å². The molecule has 0 saturated heterocycles. The van der Waals surface area contributed by atoms with Crippen LogP contribution in [-0.2, 0) is 4.79 Å². The Morgan fingerprint density at radius 2 is 2.00 bits per heavy atom. The Balaban J connectivity index is 2.02. The second-order valence-corrected chi connectivity index (χ2v) is 5.99. The van der Waals surface area contributed by atoms with E-state index in [-0.39, 0.29) is 11.7 Å². The zero-order chi connectivity index (χ0) is 17.4. The summed E-state index contributed by atoms with van der Waals surface area (Å²) in [5.74, 6) is 0.962. The molecule has 2 rings (SSSR count). The smallest absolute Gasteiger partial charge is 0.287 e. The standard InChI is InChI=1S/C17H20N2O4S/c1-22-13-7-5-12(6-8-13)18-16(20)14(9-11-24-2)19-17(21)15-4-3-10-23-15/h3-8,10,14H,9,11H2,1-2H3,(H,18,20)(H,19,21). The van der Waals surface area contributed by atoms with Gasteiger partial charge in [0.05, 0.1) is 13.4 Å². The van der Waals surface area contributed by atoms with E-state index in [9.17, 15) is 9.59 Å². The first kappa shape index (κ1) is 17.9. The van der Waals surface area contributed by atoms with Crippen molar-refractivity contribution in [3.05, 3.63) is 48.4 Å². The summed E-state index contributed by atoms with van der Waals surface area (Å²) in [6.45, 7) is 0. The molecule has 0 aliphatic carbocycles. The van der Waals surface area contributed by atoms with Crippen LogP contribution in [0, 0.1) is 0 Å². The summed E-state index contributed by atoms with van der Waals surface area (Å²) in [6.07, 6.45) is 3.89. The lowest BCUT2D eigenvalue weighted by molar-refractivity contribution is -0.118. The number of anilines is 1. The molecule has 2 aromatic rings. The zero-order valence-electron chi connectivity index (χ0n) is 13.6. The van der Waals surface area contributed by atoms with Crippen LogP contribution >= 0.6 is 11.8 Å². The average Bonchev–Trinajstić information content (AvgIpc) is 3.13. The lowest BCUT2D eigenvalue weighted by atomic mass is 10.2. The normalized spacial score (nSPS) is 11.6. The van der Waals surface area contributed by atoms with Crippen molar-refractivity contribution in [3.63, 3.8) is 0 Å². The van der Waals surface area contributed by atoms with E-state index in [2.05, 4.69) is 10.6 Å². The lowest BCUT2D eigenvalue weighted by Crippen LogP contribution is -2.44. The molecule has 1 atom stereocenters. The van der Waals surface area contributed by atoms with Gasteiger partial charge in [0, 0.05) is 5.69 Å². The third-order valence-corrected chi connectivity index (χ3v) is 3.98. The number of hydrogen-bond acceptors (Lipinski definition) is 5. The zero-order valence-corrected chi connectivity index (χ0v) is 14.4. The molecule has 6 nitrogen and oxygen atoms in total. The average molecular weight is 348 g/mol. The van der Waals surface area contributed by atoms with Gasteiger partial charge in [0.2, 0.25) is 5.91 Å². The summed E-state index contributed by atoms with van der Waals surface area (Å²) in [7, 11) is 1.58. The number of methoxy groups -OCH3 is 1. The molecule has 0 bridgehead atoms. The van der Waals surface area contributed by atoms with Crippen LogP contribution in [0.25, 0.3) is 0 Å². The number of carbonyl (C=O) groups is 2. The second kappa shape index (κ2) is 9.02. The first-order valence-corrected chi connectivity index (χ1v) is 8.81. The molecule has 0 radical (unpaired) electrons.